The maximum atomic E-state index is 12.9. The van der Waals surface area contributed by atoms with E-state index in [1.54, 1.807) is 10.9 Å². The first-order valence-electron chi connectivity index (χ1n) is 10.7. The number of hydrogen-bond acceptors (Lipinski definition) is 5. The summed E-state index contributed by atoms with van der Waals surface area (Å²) in [7, 11) is 0. The van der Waals surface area contributed by atoms with E-state index in [1.165, 1.54) is 17.8 Å². The second kappa shape index (κ2) is 9.47. The highest BCUT2D eigenvalue weighted by Crippen LogP contribution is 2.30. The topological polar surface area (TPSA) is 73.2 Å². The lowest BCUT2D eigenvalue weighted by molar-refractivity contribution is -0.125. The van der Waals surface area contributed by atoms with Gasteiger partial charge in [-0.05, 0) is 41.8 Å². The number of thiophene rings is 1. The van der Waals surface area contributed by atoms with Crippen molar-refractivity contribution in [1.82, 2.24) is 15.1 Å². The molecule has 0 unspecified atom stereocenters. The van der Waals surface area contributed by atoms with E-state index < -0.39 is 5.97 Å². The van der Waals surface area contributed by atoms with Crippen LogP contribution < -0.4 is 5.32 Å². The van der Waals surface area contributed by atoms with Gasteiger partial charge in [0.05, 0.1) is 10.6 Å². The Balaban J connectivity index is 1.46. The Morgan fingerprint density at radius 3 is 2.71 bits per heavy atom. The summed E-state index contributed by atoms with van der Waals surface area (Å²) < 4.78 is 7.05. The van der Waals surface area contributed by atoms with E-state index in [0.717, 1.165) is 23.4 Å². The molecule has 6 nitrogen and oxygen atoms in total. The molecule has 1 saturated carbocycles. The zero-order valence-corrected chi connectivity index (χ0v) is 18.6. The second-order valence-corrected chi connectivity index (χ2v) is 9.11. The fourth-order valence-corrected chi connectivity index (χ4v) is 4.80. The molecule has 7 heteroatoms. The number of esters is 1. The molecule has 2 heterocycles. The molecule has 0 spiro atoms. The minimum atomic E-state index is -0.550. The summed E-state index contributed by atoms with van der Waals surface area (Å²) in [5.41, 5.74) is 1.75. The third-order valence-corrected chi connectivity index (χ3v) is 6.97. The van der Waals surface area contributed by atoms with E-state index in [1.807, 2.05) is 47.8 Å². The molecular weight excluding hydrogens is 410 g/mol. The summed E-state index contributed by atoms with van der Waals surface area (Å²) in [4.78, 5) is 26.2. The molecule has 0 saturated heterocycles. The number of hydrogen-bond donors (Lipinski definition) is 1. The Bertz CT molecular complexity index is 1030. The number of para-hydroxylation sites is 1. The minimum Gasteiger partial charge on any atom is -0.452 e. The van der Waals surface area contributed by atoms with Crippen LogP contribution in [0, 0.1) is 11.8 Å². The highest BCUT2D eigenvalue weighted by Gasteiger charge is 2.28. The van der Waals surface area contributed by atoms with Gasteiger partial charge < -0.3 is 10.1 Å². The SMILES string of the molecule is C[C@H]1[C@H](C)CCC[C@@H]1NC(=O)COC(=O)c1cn(-c2ccccc2)nc1-c1cccs1. The Labute approximate surface area is 186 Å². The molecule has 1 amide bonds. The number of rotatable bonds is 6. The van der Waals surface area contributed by atoms with Crippen LogP contribution in [-0.2, 0) is 9.53 Å². The van der Waals surface area contributed by atoms with Gasteiger partial charge in [-0.25, -0.2) is 9.48 Å². The van der Waals surface area contributed by atoms with Gasteiger partial charge in [0.15, 0.2) is 6.61 Å². The first-order valence-corrected chi connectivity index (χ1v) is 11.6. The number of aromatic nitrogens is 2. The van der Waals surface area contributed by atoms with Crippen molar-refractivity contribution < 1.29 is 14.3 Å². The minimum absolute atomic E-state index is 0.137. The Morgan fingerprint density at radius 2 is 1.97 bits per heavy atom. The molecule has 0 aliphatic heterocycles. The molecule has 3 atom stereocenters. The van der Waals surface area contributed by atoms with Crippen molar-refractivity contribution in [3.05, 3.63) is 59.6 Å². The second-order valence-electron chi connectivity index (χ2n) is 8.17. The van der Waals surface area contributed by atoms with Crippen LogP contribution in [0.4, 0.5) is 0 Å². The Morgan fingerprint density at radius 1 is 1.16 bits per heavy atom. The fraction of sp³-hybridized carbons (Fsp3) is 0.375. The summed E-state index contributed by atoms with van der Waals surface area (Å²) in [6.07, 6.45) is 4.94. The van der Waals surface area contributed by atoms with E-state index in [2.05, 4.69) is 24.3 Å². The van der Waals surface area contributed by atoms with Crippen molar-refractivity contribution in [2.45, 2.75) is 39.2 Å². The number of nitrogens with zero attached hydrogens (tertiary/aromatic N) is 2. The summed E-state index contributed by atoms with van der Waals surface area (Å²) in [6, 6.07) is 13.6. The van der Waals surface area contributed by atoms with Gasteiger partial charge in [0.1, 0.15) is 11.3 Å². The van der Waals surface area contributed by atoms with Gasteiger partial charge in [0, 0.05) is 12.2 Å². The first kappa shape index (κ1) is 21.3. The average molecular weight is 438 g/mol. The molecule has 162 valence electrons. The van der Waals surface area contributed by atoms with Crippen LogP contribution in [0.15, 0.2) is 54.0 Å². The van der Waals surface area contributed by atoms with Crippen LogP contribution in [0.2, 0.25) is 0 Å². The van der Waals surface area contributed by atoms with Crippen LogP contribution in [0.3, 0.4) is 0 Å². The quantitative estimate of drug-likeness (QED) is 0.568. The highest BCUT2D eigenvalue weighted by molar-refractivity contribution is 7.13. The van der Waals surface area contributed by atoms with Crippen molar-refractivity contribution in [2.75, 3.05) is 6.61 Å². The first-order chi connectivity index (χ1) is 15.0. The smallest absolute Gasteiger partial charge is 0.342 e. The zero-order chi connectivity index (χ0) is 21.8. The average Bonchev–Trinajstić information content (AvgIpc) is 3.46. The van der Waals surface area contributed by atoms with Crippen LogP contribution in [-0.4, -0.2) is 34.3 Å². The number of carbonyl (C=O) groups excluding carboxylic acids is 2. The van der Waals surface area contributed by atoms with Gasteiger partial charge in [0.25, 0.3) is 5.91 Å². The van der Waals surface area contributed by atoms with E-state index in [-0.39, 0.29) is 18.6 Å². The van der Waals surface area contributed by atoms with Gasteiger partial charge in [-0.3, -0.25) is 4.79 Å². The number of benzene rings is 1. The van der Waals surface area contributed by atoms with Crippen molar-refractivity contribution in [3.63, 3.8) is 0 Å². The van der Waals surface area contributed by atoms with E-state index in [4.69, 9.17) is 4.74 Å². The molecule has 31 heavy (non-hydrogen) atoms. The molecule has 0 radical (unpaired) electrons. The summed E-state index contributed by atoms with van der Waals surface area (Å²) >= 11 is 1.50. The van der Waals surface area contributed by atoms with Crippen LogP contribution in [0.25, 0.3) is 16.3 Å². The molecule has 3 aromatic rings. The molecule has 1 aliphatic carbocycles. The van der Waals surface area contributed by atoms with Gasteiger partial charge >= 0.3 is 5.97 Å². The molecule has 2 aromatic heterocycles. The number of ether oxygens (including phenoxy) is 1. The predicted octanol–water partition coefficient (Wildman–Crippen LogP) is 4.70. The fourth-order valence-electron chi connectivity index (χ4n) is 4.07. The van der Waals surface area contributed by atoms with Crippen LogP contribution in [0.1, 0.15) is 43.5 Å². The largest absolute Gasteiger partial charge is 0.452 e. The van der Waals surface area contributed by atoms with Crippen molar-refractivity contribution in [1.29, 1.82) is 0 Å². The third-order valence-electron chi connectivity index (χ3n) is 6.10. The summed E-state index contributed by atoms with van der Waals surface area (Å²) in [6.45, 7) is 4.10. The maximum Gasteiger partial charge on any atom is 0.342 e. The standard InChI is InChI=1S/C24H27N3O3S/c1-16-8-6-11-20(17(16)2)25-22(28)15-30-24(29)19-14-27(18-9-4-3-5-10-18)26-23(19)21-12-7-13-31-21/h3-5,7,9-10,12-14,16-17,20H,6,8,11,15H2,1-2H3,(H,25,28)/t16-,17+,20+/m1/s1. The Kier molecular flexibility index (Phi) is 6.51. The van der Waals surface area contributed by atoms with Gasteiger partial charge in [-0.1, -0.05) is 51.0 Å². The number of amides is 1. The molecule has 1 N–H and O–H groups in total. The van der Waals surface area contributed by atoms with Crippen LogP contribution >= 0.6 is 11.3 Å². The summed E-state index contributed by atoms with van der Waals surface area (Å²) in [5.74, 6) is 0.194. The lowest BCUT2D eigenvalue weighted by Gasteiger charge is -2.34. The molecule has 1 fully saturated rings. The lowest BCUT2D eigenvalue weighted by atomic mass is 9.78. The predicted molar refractivity (Wildman–Crippen MR) is 121 cm³/mol. The molecular formula is C24H27N3O3S. The molecule has 0 bridgehead atoms. The Hall–Kier alpha value is -2.93. The van der Waals surface area contributed by atoms with Crippen LogP contribution in [0.5, 0.6) is 0 Å². The molecule has 4 rings (SSSR count). The lowest BCUT2D eigenvalue weighted by Crippen LogP contribution is -2.45. The van der Waals surface area contributed by atoms with Crippen molar-refractivity contribution in [3.8, 4) is 16.3 Å². The van der Waals surface area contributed by atoms with Crippen molar-refractivity contribution in [2.24, 2.45) is 11.8 Å². The van der Waals surface area contributed by atoms with E-state index in [9.17, 15) is 9.59 Å². The van der Waals surface area contributed by atoms with Gasteiger partial charge in [0.2, 0.25) is 0 Å². The zero-order valence-electron chi connectivity index (χ0n) is 17.8. The molecule has 1 aromatic carbocycles. The van der Waals surface area contributed by atoms with E-state index >= 15 is 0 Å². The maximum absolute atomic E-state index is 12.9. The molecule has 1 aliphatic rings. The highest BCUT2D eigenvalue weighted by atomic mass is 32.1. The van der Waals surface area contributed by atoms with E-state index in [0.29, 0.717) is 23.1 Å². The number of nitrogens with one attached hydrogen (secondary N) is 1. The monoisotopic (exact) mass is 437 g/mol. The van der Waals surface area contributed by atoms with Gasteiger partial charge in [-0.15, -0.1) is 11.3 Å². The number of carbonyl (C=O) groups is 2. The van der Waals surface area contributed by atoms with Gasteiger partial charge in [-0.2, -0.15) is 5.10 Å². The normalized spacial score (nSPS) is 20.9. The third kappa shape index (κ3) is 4.88. The van der Waals surface area contributed by atoms with Crippen molar-refractivity contribution >= 4 is 23.2 Å². The summed E-state index contributed by atoms with van der Waals surface area (Å²) in [5, 5.41) is 9.59.